The maximum absolute atomic E-state index is 12.4. The van der Waals surface area contributed by atoms with Crippen molar-refractivity contribution in [2.24, 2.45) is 0 Å². The van der Waals surface area contributed by atoms with Crippen molar-refractivity contribution in [2.45, 2.75) is 0 Å². The van der Waals surface area contributed by atoms with Crippen molar-refractivity contribution in [1.82, 2.24) is 4.98 Å². The number of nitrogens with two attached hydrogens (primary N) is 1. The standard InChI is InChI=1S/C19H14N2O3/c1-23-15-9-5-8-12-13-10-14(11-6-3-2-4-7-11)21-18(20)16(13)19(22)24-17(12)15/h2-10H,1H3,(H2,20,21). The molecule has 0 amide bonds. The molecule has 118 valence electrons. The Balaban J connectivity index is 2.16. The van der Waals surface area contributed by atoms with Crippen LogP contribution in [-0.4, -0.2) is 12.1 Å². The summed E-state index contributed by atoms with van der Waals surface area (Å²) in [6.07, 6.45) is 0. The maximum Gasteiger partial charge on any atom is 0.348 e. The van der Waals surface area contributed by atoms with Gasteiger partial charge in [0, 0.05) is 16.3 Å². The van der Waals surface area contributed by atoms with Gasteiger partial charge in [0.15, 0.2) is 11.3 Å². The number of methoxy groups -OCH3 is 1. The molecular formula is C19H14N2O3. The molecule has 0 spiro atoms. The Labute approximate surface area is 137 Å². The summed E-state index contributed by atoms with van der Waals surface area (Å²) in [5.41, 5.74) is 7.57. The van der Waals surface area contributed by atoms with Crippen LogP contribution in [0.1, 0.15) is 0 Å². The number of rotatable bonds is 2. The van der Waals surface area contributed by atoms with E-state index in [9.17, 15) is 4.79 Å². The van der Waals surface area contributed by atoms with Crippen LogP contribution >= 0.6 is 0 Å². The van der Waals surface area contributed by atoms with Gasteiger partial charge in [-0.25, -0.2) is 9.78 Å². The molecule has 0 aliphatic heterocycles. The highest BCUT2D eigenvalue weighted by Gasteiger charge is 2.15. The molecule has 4 rings (SSSR count). The van der Waals surface area contributed by atoms with Crippen LogP contribution in [-0.2, 0) is 0 Å². The van der Waals surface area contributed by atoms with Gasteiger partial charge >= 0.3 is 5.63 Å². The molecule has 0 aliphatic rings. The van der Waals surface area contributed by atoms with Gasteiger partial charge in [-0.1, -0.05) is 42.5 Å². The van der Waals surface area contributed by atoms with Crippen LogP contribution in [0.5, 0.6) is 5.75 Å². The normalized spacial score (nSPS) is 11.0. The van der Waals surface area contributed by atoms with E-state index < -0.39 is 5.63 Å². The fraction of sp³-hybridized carbons (Fsp3) is 0.0526. The first-order chi connectivity index (χ1) is 11.7. The molecule has 0 saturated carbocycles. The fourth-order valence-electron chi connectivity index (χ4n) is 2.89. The first-order valence-corrected chi connectivity index (χ1v) is 7.44. The van der Waals surface area contributed by atoms with Crippen molar-refractivity contribution in [3.8, 4) is 17.0 Å². The van der Waals surface area contributed by atoms with Crippen molar-refractivity contribution in [3.63, 3.8) is 0 Å². The van der Waals surface area contributed by atoms with Crippen LogP contribution in [0.3, 0.4) is 0 Å². The minimum Gasteiger partial charge on any atom is -0.493 e. The lowest BCUT2D eigenvalue weighted by Crippen LogP contribution is -2.06. The van der Waals surface area contributed by atoms with Gasteiger partial charge in [-0.2, -0.15) is 0 Å². The van der Waals surface area contributed by atoms with Gasteiger partial charge < -0.3 is 14.9 Å². The molecule has 24 heavy (non-hydrogen) atoms. The van der Waals surface area contributed by atoms with Crippen molar-refractivity contribution >= 4 is 27.6 Å². The number of fused-ring (bicyclic) bond motifs is 3. The number of benzene rings is 2. The Morgan fingerprint density at radius 2 is 1.83 bits per heavy atom. The second-order valence-corrected chi connectivity index (χ2v) is 5.41. The van der Waals surface area contributed by atoms with E-state index in [0.717, 1.165) is 10.9 Å². The molecule has 0 aliphatic carbocycles. The summed E-state index contributed by atoms with van der Waals surface area (Å²) >= 11 is 0. The van der Waals surface area contributed by atoms with Crippen molar-refractivity contribution in [1.29, 1.82) is 0 Å². The van der Waals surface area contributed by atoms with E-state index in [1.165, 1.54) is 7.11 Å². The largest absolute Gasteiger partial charge is 0.493 e. The zero-order valence-electron chi connectivity index (χ0n) is 12.9. The Morgan fingerprint density at radius 1 is 1.04 bits per heavy atom. The lowest BCUT2D eigenvalue weighted by atomic mass is 10.0. The molecule has 2 aromatic heterocycles. The molecule has 2 N–H and O–H groups in total. The third-order valence-corrected chi connectivity index (χ3v) is 4.00. The van der Waals surface area contributed by atoms with Crippen LogP contribution in [0.2, 0.25) is 0 Å². The predicted molar refractivity (Wildman–Crippen MR) is 94.2 cm³/mol. The molecule has 5 nitrogen and oxygen atoms in total. The number of hydrogen-bond donors (Lipinski definition) is 1. The SMILES string of the molecule is COc1cccc2c1oc(=O)c1c(N)nc(-c3ccccc3)cc12. The van der Waals surface area contributed by atoms with E-state index in [2.05, 4.69) is 4.98 Å². The third kappa shape index (κ3) is 2.10. The van der Waals surface area contributed by atoms with E-state index in [0.29, 0.717) is 22.4 Å². The summed E-state index contributed by atoms with van der Waals surface area (Å²) in [4.78, 5) is 16.8. The van der Waals surface area contributed by atoms with Gasteiger partial charge in [-0.05, 0) is 12.1 Å². The summed E-state index contributed by atoms with van der Waals surface area (Å²) in [6, 6.07) is 17.0. The molecular weight excluding hydrogens is 304 g/mol. The zero-order chi connectivity index (χ0) is 16.7. The summed E-state index contributed by atoms with van der Waals surface area (Å²) in [7, 11) is 1.54. The molecule has 0 radical (unpaired) electrons. The zero-order valence-corrected chi connectivity index (χ0v) is 12.9. The number of ether oxygens (including phenoxy) is 1. The van der Waals surface area contributed by atoms with Gasteiger partial charge in [-0.3, -0.25) is 0 Å². The van der Waals surface area contributed by atoms with Crippen LogP contribution in [0.25, 0.3) is 33.0 Å². The lowest BCUT2D eigenvalue weighted by Gasteiger charge is -2.09. The van der Waals surface area contributed by atoms with Gasteiger partial charge in [0.25, 0.3) is 0 Å². The van der Waals surface area contributed by atoms with E-state index in [-0.39, 0.29) is 11.2 Å². The molecule has 0 saturated heterocycles. The van der Waals surface area contributed by atoms with Crippen LogP contribution < -0.4 is 16.1 Å². The number of aromatic nitrogens is 1. The second kappa shape index (κ2) is 5.38. The molecule has 2 heterocycles. The summed E-state index contributed by atoms with van der Waals surface area (Å²) in [5, 5.41) is 1.75. The monoisotopic (exact) mass is 318 g/mol. The Morgan fingerprint density at radius 3 is 2.58 bits per heavy atom. The number of pyridine rings is 1. The molecule has 0 bridgehead atoms. The highest BCUT2D eigenvalue weighted by molar-refractivity contribution is 6.09. The number of anilines is 1. The first-order valence-electron chi connectivity index (χ1n) is 7.44. The van der Waals surface area contributed by atoms with Crippen molar-refractivity contribution in [2.75, 3.05) is 12.8 Å². The Bertz CT molecular complexity index is 1120. The quantitative estimate of drug-likeness (QED) is 0.451. The van der Waals surface area contributed by atoms with E-state index >= 15 is 0 Å². The number of nitrogens with zero attached hydrogens (tertiary/aromatic N) is 1. The minimum atomic E-state index is -0.522. The molecule has 2 aromatic carbocycles. The average Bonchev–Trinajstić information content (AvgIpc) is 2.61. The smallest absolute Gasteiger partial charge is 0.348 e. The van der Waals surface area contributed by atoms with Crippen molar-refractivity contribution in [3.05, 3.63) is 65.0 Å². The van der Waals surface area contributed by atoms with Gasteiger partial charge in [-0.15, -0.1) is 0 Å². The fourth-order valence-corrected chi connectivity index (χ4v) is 2.89. The van der Waals surface area contributed by atoms with E-state index in [1.807, 2.05) is 48.5 Å². The Hall–Kier alpha value is -3.34. The molecule has 0 unspecified atom stereocenters. The predicted octanol–water partition coefficient (Wildman–Crippen LogP) is 3.60. The van der Waals surface area contributed by atoms with Gasteiger partial charge in [0.2, 0.25) is 0 Å². The Kier molecular flexibility index (Phi) is 3.20. The van der Waals surface area contributed by atoms with Crippen LogP contribution in [0, 0.1) is 0 Å². The highest BCUT2D eigenvalue weighted by Crippen LogP contribution is 2.33. The summed E-state index contributed by atoms with van der Waals surface area (Å²) < 4.78 is 10.7. The van der Waals surface area contributed by atoms with Gasteiger partial charge in [0.1, 0.15) is 11.2 Å². The minimum absolute atomic E-state index is 0.157. The topological polar surface area (TPSA) is 78.3 Å². The molecule has 4 aromatic rings. The number of para-hydroxylation sites is 1. The molecule has 5 heteroatoms. The molecule has 0 fully saturated rings. The number of nitrogen functional groups attached to an aromatic ring is 1. The van der Waals surface area contributed by atoms with E-state index in [4.69, 9.17) is 14.9 Å². The van der Waals surface area contributed by atoms with Crippen molar-refractivity contribution < 1.29 is 9.15 Å². The van der Waals surface area contributed by atoms with Crippen LogP contribution in [0.4, 0.5) is 5.82 Å². The van der Waals surface area contributed by atoms with Crippen LogP contribution in [0.15, 0.2) is 63.8 Å². The van der Waals surface area contributed by atoms with E-state index in [1.54, 1.807) is 6.07 Å². The molecule has 0 atom stereocenters. The third-order valence-electron chi connectivity index (χ3n) is 4.00. The summed E-state index contributed by atoms with van der Waals surface area (Å²) in [5.74, 6) is 0.660. The summed E-state index contributed by atoms with van der Waals surface area (Å²) in [6.45, 7) is 0. The van der Waals surface area contributed by atoms with Gasteiger partial charge in [0.05, 0.1) is 12.8 Å². The maximum atomic E-state index is 12.4. The second-order valence-electron chi connectivity index (χ2n) is 5.41. The average molecular weight is 318 g/mol. The lowest BCUT2D eigenvalue weighted by molar-refractivity contribution is 0.407. The number of hydrogen-bond acceptors (Lipinski definition) is 5. The first kappa shape index (κ1) is 14.3. The highest BCUT2D eigenvalue weighted by atomic mass is 16.5.